The SMILES string of the molecule is CCC(C)COC(=O)CCCCCCCCC(=O)OCC(C)C. The molecule has 0 saturated heterocycles. The maximum atomic E-state index is 11.5. The highest BCUT2D eigenvalue weighted by molar-refractivity contribution is 5.69. The number of rotatable bonds is 14. The molecule has 0 aliphatic rings. The van der Waals surface area contributed by atoms with Crippen molar-refractivity contribution in [1.82, 2.24) is 0 Å². The third-order valence-electron chi connectivity index (χ3n) is 3.82. The van der Waals surface area contributed by atoms with E-state index in [0.29, 0.717) is 37.9 Å². The molecule has 0 amide bonds. The molecule has 0 saturated carbocycles. The molecule has 0 aromatic heterocycles. The molecule has 136 valence electrons. The van der Waals surface area contributed by atoms with Gasteiger partial charge in [0.25, 0.3) is 0 Å². The first-order chi connectivity index (χ1) is 11.0. The largest absolute Gasteiger partial charge is 0.465 e. The van der Waals surface area contributed by atoms with Crippen molar-refractivity contribution in [3.8, 4) is 0 Å². The van der Waals surface area contributed by atoms with E-state index in [1.807, 2.05) is 13.8 Å². The minimum atomic E-state index is -0.0808. The lowest BCUT2D eigenvalue weighted by atomic mass is 10.1. The van der Waals surface area contributed by atoms with Gasteiger partial charge in [-0.1, -0.05) is 59.8 Å². The molecular formula is C19H36O4. The lowest BCUT2D eigenvalue weighted by Gasteiger charge is -2.09. The molecule has 0 aliphatic heterocycles. The van der Waals surface area contributed by atoms with Crippen molar-refractivity contribution in [2.75, 3.05) is 13.2 Å². The molecule has 0 bridgehead atoms. The van der Waals surface area contributed by atoms with Gasteiger partial charge in [-0.2, -0.15) is 0 Å². The van der Waals surface area contributed by atoms with E-state index in [2.05, 4.69) is 13.8 Å². The number of esters is 2. The summed E-state index contributed by atoms with van der Waals surface area (Å²) < 4.78 is 10.3. The van der Waals surface area contributed by atoms with Crippen molar-refractivity contribution in [2.24, 2.45) is 11.8 Å². The molecule has 23 heavy (non-hydrogen) atoms. The van der Waals surface area contributed by atoms with Crippen LogP contribution in [0.25, 0.3) is 0 Å². The van der Waals surface area contributed by atoms with Crippen LogP contribution in [0.15, 0.2) is 0 Å². The van der Waals surface area contributed by atoms with Crippen LogP contribution in [0.1, 0.15) is 85.5 Å². The molecule has 0 aromatic rings. The van der Waals surface area contributed by atoms with Gasteiger partial charge in [0.05, 0.1) is 13.2 Å². The highest BCUT2D eigenvalue weighted by Crippen LogP contribution is 2.10. The van der Waals surface area contributed by atoms with Gasteiger partial charge < -0.3 is 9.47 Å². The van der Waals surface area contributed by atoms with Gasteiger partial charge in [-0.15, -0.1) is 0 Å². The van der Waals surface area contributed by atoms with Crippen LogP contribution in [0.5, 0.6) is 0 Å². The van der Waals surface area contributed by atoms with Gasteiger partial charge in [0.2, 0.25) is 0 Å². The molecule has 0 radical (unpaired) electrons. The Labute approximate surface area is 142 Å². The van der Waals surface area contributed by atoms with Crippen LogP contribution in [0.4, 0.5) is 0 Å². The van der Waals surface area contributed by atoms with E-state index in [1.165, 1.54) is 0 Å². The Morgan fingerprint density at radius 3 is 1.61 bits per heavy atom. The number of hydrogen-bond donors (Lipinski definition) is 0. The van der Waals surface area contributed by atoms with E-state index in [1.54, 1.807) is 0 Å². The normalized spacial score (nSPS) is 12.2. The molecule has 1 unspecified atom stereocenters. The van der Waals surface area contributed by atoms with Gasteiger partial charge in [-0.05, 0) is 24.7 Å². The second kappa shape index (κ2) is 14.5. The molecule has 0 aromatic carbocycles. The third kappa shape index (κ3) is 15.6. The quantitative estimate of drug-likeness (QED) is 0.336. The van der Waals surface area contributed by atoms with E-state index in [9.17, 15) is 9.59 Å². The summed E-state index contributed by atoms with van der Waals surface area (Å²) in [6.07, 6.45) is 8.21. The monoisotopic (exact) mass is 328 g/mol. The summed E-state index contributed by atoms with van der Waals surface area (Å²) in [5, 5.41) is 0. The summed E-state index contributed by atoms with van der Waals surface area (Å²) in [5.41, 5.74) is 0. The van der Waals surface area contributed by atoms with Crippen LogP contribution in [0, 0.1) is 11.8 Å². The van der Waals surface area contributed by atoms with Crippen LogP contribution in [0.2, 0.25) is 0 Å². The molecule has 0 fully saturated rings. The van der Waals surface area contributed by atoms with E-state index in [0.717, 1.165) is 44.9 Å². The molecule has 0 N–H and O–H groups in total. The lowest BCUT2D eigenvalue weighted by Crippen LogP contribution is -2.11. The second-order valence-corrected chi connectivity index (χ2v) is 6.89. The number of carbonyl (C=O) groups excluding carboxylic acids is 2. The topological polar surface area (TPSA) is 52.6 Å². The van der Waals surface area contributed by atoms with Gasteiger partial charge in [-0.25, -0.2) is 0 Å². The van der Waals surface area contributed by atoms with Crippen molar-refractivity contribution < 1.29 is 19.1 Å². The first-order valence-corrected chi connectivity index (χ1v) is 9.26. The maximum absolute atomic E-state index is 11.5. The van der Waals surface area contributed by atoms with E-state index in [-0.39, 0.29) is 11.9 Å². The van der Waals surface area contributed by atoms with Crippen LogP contribution < -0.4 is 0 Å². The first-order valence-electron chi connectivity index (χ1n) is 9.26. The van der Waals surface area contributed by atoms with Gasteiger partial charge in [0.1, 0.15) is 0 Å². The Morgan fingerprint density at radius 1 is 0.739 bits per heavy atom. The standard InChI is InChI=1S/C19H36O4/c1-5-17(4)15-23-19(21)13-11-9-7-6-8-10-12-18(20)22-14-16(2)3/h16-17H,5-15H2,1-4H3. The van der Waals surface area contributed by atoms with Gasteiger partial charge in [0, 0.05) is 12.8 Å². The molecule has 0 heterocycles. The summed E-state index contributed by atoms with van der Waals surface area (Å²) in [5.74, 6) is 0.697. The summed E-state index contributed by atoms with van der Waals surface area (Å²) >= 11 is 0. The number of ether oxygens (including phenoxy) is 2. The van der Waals surface area contributed by atoms with Crippen molar-refractivity contribution in [2.45, 2.75) is 85.5 Å². The Morgan fingerprint density at radius 2 is 1.17 bits per heavy atom. The van der Waals surface area contributed by atoms with Crippen LogP contribution >= 0.6 is 0 Å². The van der Waals surface area contributed by atoms with Crippen molar-refractivity contribution in [1.29, 1.82) is 0 Å². The van der Waals surface area contributed by atoms with Crippen molar-refractivity contribution in [3.63, 3.8) is 0 Å². The van der Waals surface area contributed by atoms with Crippen molar-refractivity contribution >= 4 is 11.9 Å². The maximum Gasteiger partial charge on any atom is 0.305 e. The fraction of sp³-hybridized carbons (Fsp3) is 0.895. The van der Waals surface area contributed by atoms with Gasteiger partial charge >= 0.3 is 11.9 Å². The second-order valence-electron chi connectivity index (χ2n) is 6.89. The zero-order valence-corrected chi connectivity index (χ0v) is 15.6. The summed E-state index contributed by atoms with van der Waals surface area (Å²) in [6, 6.07) is 0. The third-order valence-corrected chi connectivity index (χ3v) is 3.82. The van der Waals surface area contributed by atoms with E-state index < -0.39 is 0 Å². The Hall–Kier alpha value is -1.06. The number of unbranched alkanes of at least 4 members (excludes halogenated alkanes) is 5. The van der Waals surface area contributed by atoms with Gasteiger partial charge in [0.15, 0.2) is 0 Å². The molecular weight excluding hydrogens is 292 g/mol. The van der Waals surface area contributed by atoms with Crippen LogP contribution in [0.3, 0.4) is 0 Å². The molecule has 0 spiro atoms. The average Bonchev–Trinajstić information content (AvgIpc) is 2.52. The van der Waals surface area contributed by atoms with Gasteiger partial charge in [-0.3, -0.25) is 9.59 Å². The number of hydrogen-bond acceptors (Lipinski definition) is 4. The summed E-state index contributed by atoms with van der Waals surface area (Å²) in [4.78, 5) is 22.9. The lowest BCUT2D eigenvalue weighted by molar-refractivity contribution is -0.145. The number of carbonyl (C=O) groups is 2. The highest BCUT2D eigenvalue weighted by Gasteiger charge is 2.06. The fourth-order valence-electron chi connectivity index (χ4n) is 2.00. The predicted molar refractivity (Wildman–Crippen MR) is 93.1 cm³/mol. The zero-order chi connectivity index (χ0) is 17.5. The molecule has 1 atom stereocenters. The Balaban J connectivity index is 3.33. The average molecular weight is 328 g/mol. The molecule has 4 heteroatoms. The highest BCUT2D eigenvalue weighted by atomic mass is 16.5. The fourth-order valence-corrected chi connectivity index (χ4v) is 2.00. The smallest absolute Gasteiger partial charge is 0.305 e. The van der Waals surface area contributed by atoms with Crippen molar-refractivity contribution in [3.05, 3.63) is 0 Å². The minimum Gasteiger partial charge on any atom is -0.465 e. The minimum absolute atomic E-state index is 0.0711. The summed E-state index contributed by atoms with van der Waals surface area (Å²) in [6.45, 7) is 9.32. The molecule has 4 nitrogen and oxygen atoms in total. The summed E-state index contributed by atoms with van der Waals surface area (Å²) in [7, 11) is 0. The van der Waals surface area contributed by atoms with E-state index >= 15 is 0 Å². The first kappa shape index (κ1) is 21.9. The Bertz CT molecular complexity index is 312. The predicted octanol–water partition coefficient (Wildman–Crippen LogP) is 4.90. The van der Waals surface area contributed by atoms with E-state index in [4.69, 9.17) is 9.47 Å². The molecule has 0 rings (SSSR count). The molecule has 0 aliphatic carbocycles. The van der Waals surface area contributed by atoms with Crippen LogP contribution in [-0.4, -0.2) is 25.2 Å². The zero-order valence-electron chi connectivity index (χ0n) is 15.6. The Kier molecular flexibility index (Phi) is 13.9. The van der Waals surface area contributed by atoms with Crippen LogP contribution in [-0.2, 0) is 19.1 Å².